The Morgan fingerprint density at radius 2 is 1.65 bits per heavy atom. The summed E-state index contributed by atoms with van der Waals surface area (Å²) in [6.07, 6.45) is 0. The molecule has 88 valence electrons. The van der Waals surface area contributed by atoms with Gasteiger partial charge in [-0.15, -0.1) is 0 Å². The standard InChI is InChI=1S/C13H12F2N2/c14-10-5-2-1-4-9(10)8-17-12-7-3-6-11(15)13(12)16/h1-7,17H,8,16H2. The number of nitrogens with one attached hydrogen (secondary N) is 1. The molecule has 0 aliphatic heterocycles. The fourth-order valence-electron chi connectivity index (χ4n) is 1.52. The third-order valence-electron chi connectivity index (χ3n) is 2.48. The zero-order valence-corrected chi connectivity index (χ0v) is 9.08. The molecule has 0 aliphatic rings. The van der Waals surface area contributed by atoms with Crippen LogP contribution in [-0.2, 0) is 6.54 Å². The maximum Gasteiger partial charge on any atom is 0.148 e. The maximum absolute atomic E-state index is 13.3. The van der Waals surface area contributed by atoms with Crippen molar-refractivity contribution in [3.8, 4) is 0 Å². The predicted octanol–water partition coefficient (Wildman–Crippen LogP) is 3.16. The van der Waals surface area contributed by atoms with E-state index < -0.39 is 5.82 Å². The number of hydrogen-bond donors (Lipinski definition) is 2. The van der Waals surface area contributed by atoms with E-state index in [1.54, 1.807) is 30.3 Å². The molecule has 2 aromatic carbocycles. The highest BCUT2D eigenvalue weighted by Gasteiger charge is 2.05. The summed E-state index contributed by atoms with van der Waals surface area (Å²) in [5.74, 6) is -0.779. The first-order chi connectivity index (χ1) is 8.18. The number of anilines is 2. The largest absolute Gasteiger partial charge is 0.395 e. The Hall–Kier alpha value is -2.10. The van der Waals surface area contributed by atoms with Crippen LogP contribution in [0.25, 0.3) is 0 Å². The highest BCUT2D eigenvalue weighted by Crippen LogP contribution is 2.22. The second kappa shape index (κ2) is 4.82. The van der Waals surface area contributed by atoms with Crippen LogP contribution in [0.15, 0.2) is 42.5 Å². The molecule has 0 aliphatic carbocycles. The fraction of sp³-hybridized carbons (Fsp3) is 0.0769. The van der Waals surface area contributed by atoms with Crippen molar-refractivity contribution in [3.63, 3.8) is 0 Å². The van der Waals surface area contributed by atoms with Crippen molar-refractivity contribution in [1.82, 2.24) is 0 Å². The molecule has 4 heteroatoms. The van der Waals surface area contributed by atoms with Crippen LogP contribution in [0.3, 0.4) is 0 Å². The van der Waals surface area contributed by atoms with Gasteiger partial charge in [0.1, 0.15) is 11.6 Å². The van der Waals surface area contributed by atoms with Gasteiger partial charge in [-0.1, -0.05) is 24.3 Å². The smallest absolute Gasteiger partial charge is 0.148 e. The maximum atomic E-state index is 13.3. The van der Waals surface area contributed by atoms with Gasteiger partial charge >= 0.3 is 0 Å². The molecular weight excluding hydrogens is 222 g/mol. The zero-order chi connectivity index (χ0) is 12.3. The Balaban J connectivity index is 2.13. The first-order valence-electron chi connectivity index (χ1n) is 5.20. The Morgan fingerprint density at radius 1 is 0.941 bits per heavy atom. The summed E-state index contributed by atoms with van der Waals surface area (Å²) in [7, 11) is 0. The highest BCUT2D eigenvalue weighted by molar-refractivity contribution is 5.66. The number of hydrogen-bond acceptors (Lipinski definition) is 2. The number of para-hydroxylation sites is 1. The minimum atomic E-state index is -0.483. The monoisotopic (exact) mass is 234 g/mol. The normalized spacial score (nSPS) is 10.2. The van der Waals surface area contributed by atoms with Crippen molar-refractivity contribution in [1.29, 1.82) is 0 Å². The number of rotatable bonds is 3. The molecule has 0 aromatic heterocycles. The van der Waals surface area contributed by atoms with Crippen LogP contribution in [0.1, 0.15) is 5.56 Å². The summed E-state index contributed by atoms with van der Waals surface area (Å²) in [5, 5.41) is 2.91. The van der Waals surface area contributed by atoms with E-state index in [1.807, 2.05) is 0 Å². The fourth-order valence-corrected chi connectivity index (χ4v) is 1.52. The molecule has 0 atom stereocenters. The quantitative estimate of drug-likeness (QED) is 0.800. The molecule has 0 heterocycles. The lowest BCUT2D eigenvalue weighted by molar-refractivity contribution is 0.613. The summed E-state index contributed by atoms with van der Waals surface area (Å²) in [5.41, 5.74) is 6.58. The number of halogens is 2. The van der Waals surface area contributed by atoms with Crippen LogP contribution in [-0.4, -0.2) is 0 Å². The van der Waals surface area contributed by atoms with Gasteiger partial charge in [-0.3, -0.25) is 0 Å². The number of benzene rings is 2. The Kier molecular flexibility index (Phi) is 3.23. The van der Waals surface area contributed by atoms with Gasteiger partial charge < -0.3 is 11.1 Å². The second-order valence-electron chi connectivity index (χ2n) is 3.65. The first-order valence-corrected chi connectivity index (χ1v) is 5.20. The van der Waals surface area contributed by atoms with Crippen LogP contribution < -0.4 is 11.1 Å². The number of nitrogen functional groups attached to an aromatic ring is 1. The van der Waals surface area contributed by atoms with Gasteiger partial charge in [0.2, 0.25) is 0 Å². The molecular formula is C13H12F2N2. The lowest BCUT2D eigenvalue weighted by Gasteiger charge is -2.10. The van der Waals surface area contributed by atoms with E-state index in [2.05, 4.69) is 5.32 Å². The third-order valence-corrected chi connectivity index (χ3v) is 2.48. The Labute approximate surface area is 98.1 Å². The van der Waals surface area contributed by atoms with Crippen molar-refractivity contribution >= 4 is 11.4 Å². The van der Waals surface area contributed by atoms with E-state index in [-0.39, 0.29) is 18.0 Å². The van der Waals surface area contributed by atoms with Gasteiger partial charge in [0.25, 0.3) is 0 Å². The van der Waals surface area contributed by atoms with Crippen LogP contribution in [0.2, 0.25) is 0 Å². The van der Waals surface area contributed by atoms with Gasteiger partial charge in [0.05, 0.1) is 11.4 Å². The van der Waals surface area contributed by atoms with Crippen LogP contribution in [0.4, 0.5) is 20.2 Å². The van der Waals surface area contributed by atoms with Crippen molar-refractivity contribution in [3.05, 3.63) is 59.7 Å². The van der Waals surface area contributed by atoms with Crippen LogP contribution >= 0.6 is 0 Å². The minimum Gasteiger partial charge on any atom is -0.395 e. The van der Waals surface area contributed by atoms with Gasteiger partial charge in [-0.05, 0) is 18.2 Å². The molecule has 0 bridgehead atoms. The molecule has 0 unspecified atom stereocenters. The summed E-state index contributed by atoms with van der Waals surface area (Å²) in [4.78, 5) is 0. The molecule has 2 aromatic rings. The van der Waals surface area contributed by atoms with E-state index >= 15 is 0 Å². The second-order valence-corrected chi connectivity index (χ2v) is 3.65. The van der Waals surface area contributed by atoms with Gasteiger partial charge in [-0.2, -0.15) is 0 Å². The molecule has 0 amide bonds. The Bertz CT molecular complexity index is 527. The molecule has 17 heavy (non-hydrogen) atoms. The molecule has 0 spiro atoms. The van der Waals surface area contributed by atoms with Crippen molar-refractivity contribution in [2.75, 3.05) is 11.1 Å². The molecule has 0 fully saturated rings. The third kappa shape index (κ3) is 2.53. The molecule has 0 saturated heterocycles. The first kappa shape index (κ1) is 11.4. The van der Waals surface area contributed by atoms with Crippen LogP contribution in [0, 0.1) is 11.6 Å². The van der Waals surface area contributed by atoms with E-state index in [4.69, 9.17) is 5.73 Å². The van der Waals surface area contributed by atoms with Gasteiger partial charge in [0.15, 0.2) is 0 Å². The average Bonchev–Trinajstić information content (AvgIpc) is 2.33. The van der Waals surface area contributed by atoms with Crippen molar-refractivity contribution < 1.29 is 8.78 Å². The SMILES string of the molecule is Nc1c(F)cccc1NCc1ccccc1F. The zero-order valence-electron chi connectivity index (χ0n) is 9.08. The molecule has 2 nitrogen and oxygen atoms in total. The van der Waals surface area contributed by atoms with Crippen molar-refractivity contribution in [2.45, 2.75) is 6.54 Å². The molecule has 0 saturated carbocycles. The van der Waals surface area contributed by atoms with Gasteiger partial charge in [0, 0.05) is 12.1 Å². The summed E-state index contributed by atoms with van der Waals surface area (Å²) < 4.78 is 26.5. The lowest BCUT2D eigenvalue weighted by atomic mass is 10.2. The van der Waals surface area contributed by atoms with Crippen LogP contribution in [0.5, 0.6) is 0 Å². The Morgan fingerprint density at radius 3 is 2.41 bits per heavy atom. The van der Waals surface area contributed by atoms with E-state index in [1.165, 1.54) is 12.1 Å². The summed E-state index contributed by atoms with van der Waals surface area (Å²) in [6, 6.07) is 10.9. The van der Waals surface area contributed by atoms with E-state index in [9.17, 15) is 8.78 Å². The topological polar surface area (TPSA) is 38.0 Å². The number of nitrogens with two attached hydrogens (primary N) is 1. The molecule has 0 radical (unpaired) electrons. The highest BCUT2D eigenvalue weighted by atomic mass is 19.1. The summed E-state index contributed by atoms with van der Waals surface area (Å²) in [6.45, 7) is 0.264. The lowest BCUT2D eigenvalue weighted by Crippen LogP contribution is -2.05. The van der Waals surface area contributed by atoms with E-state index in [0.717, 1.165) is 0 Å². The van der Waals surface area contributed by atoms with Gasteiger partial charge in [-0.25, -0.2) is 8.78 Å². The minimum absolute atomic E-state index is 0.0452. The molecule has 2 rings (SSSR count). The summed E-state index contributed by atoms with van der Waals surface area (Å²) >= 11 is 0. The van der Waals surface area contributed by atoms with Crippen molar-refractivity contribution in [2.24, 2.45) is 0 Å². The molecule has 3 N–H and O–H groups in total. The predicted molar refractivity (Wildman–Crippen MR) is 64.5 cm³/mol. The van der Waals surface area contributed by atoms with E-state index in [0.29, 0.717) is 11.3 Å². The average molecular weight is 234 g/mol.